The van der Waals surface area contributed by atoms with Crippen LogP contribution in [0.5, 0.6) is 0 Å². The number of aromatic nitrogens is 1. The summed E-state index contributed by atoms with van der Waals surface area (Å²) in [4.78, 5) is 0. The smallest absolute Gasteiger partial charge is 0.128 e. The largest absolute Gasteiger partial charge is 0.349 e. The van der Waals surface area contributed by atoms with E-state index < -0.39 is 0 Å². The molecule has 0 saturated carbocycles. The summed E-state index contributed by atoms with van der Waals surface area (Å²) in [5.41, 5.74) is 2.16. The van der Waals surface area contributed by atoms with Gasteiger partial charge in [-0.3, -0.25) is 0 Å². The fraction of sp³-hybridized carbons (Fsp3) is 0.267. The molecule has 0 fully saturated rings. The lowest BCUT2D eigenvalue weighted by Crippen LogP contribution is -2.11. The molecule has 1 aromatic heterocycles. The fourth-order valence-corrected chi connectivity index (χ4v) is 1.94. The normalized spacial score (nSPS) is 12.1. The third kappa shape index (κ3) is 3.01. The van der Waals surface area contributed by atoms with Gasteiger partial charge in [-0.25, -0.2) is 4.39 Å². The molecule has 4 heteroatoms. The summed E-state index contributed by atoms with van der Waals surface area (Å²) < 4.78 is 15.6. The van der Waals surface area contributed by atoms with Crippen molar-refractivity contribution in [1.29, 1.82) is 5.26 Å². The molecule has 0 aliphatic carbocycles. The van der Waals surface area contributed by atoms with Crippen LogP contribution in [-0.2, 0) is 6.54 Å². The van der Waals surface area contributed by atoms with Crippen LogP contribution in [0.15, 0.2) is 36.7 Å². The standard InChI is InChI=1S/C15H16FN3/c1-11(18-2)13-5-6-19(9-13)10-14-7-12(8-17)3-4-15(14)16/h3-7,9,11,18H,10H2,1-2H3. The first-order valence-electron chi connectivity index (χ1n) is 6.15. The third-order valence-electron chi connectivity index (χ3n) is 3.23. The van der Waals surface area contributed by atoms with Crippen LogP contribution in [0.3, 0.4) is 0 Å². The minimum absolute atomic E-state index is 0.261. The molecule has 0 saturated heterocycles. The van der Waals surface area contributed by atoms with E-state index >= 15 is 0 Å². The second kappa shape index (κ2) is 5.68. The second-order valence-corrected chi connectivity index (χ2v) is 4.55. The average molecular weight is 257 g/mol. The van der Waals surface area contributed by atoms with E-state index in [0.29, 0.717) is 17.7 Å². The molecule has 0 amide bonds. The highest BCUT2D eigenvalue weighted by Gasteiger charge is 2.07. The van der Waals surface area contributed by atoms with Gasteiger partial charge in [0.2, 0.25) is 0 Å². The van der Waals surface area contributed by atoms with Crippen molar-refractivity contribution < 1.29 is 4.39 Å². The number of hydrogen-bond donors (Lipinski definition) is 1. The lowest BCUT2D eigenvalue weighted by molar-refractivity contribution is 0.598. The van der Waals surface area contributed by atoms with Gasteiger partial charge in [0, 0.05) is 30.5 Å². The highest BCUT2D eigenvalue weighted by atomic mass is 19.1. The van der Waals surface area contributed by atoms with Gasteiger partial charge in [-0.15, -0.1) is 0 Å². The molecule has 98 valence electrons. The van der Waals surface area contributed by atoms with Crippen LogP contribution in [0, 0.1) is 17.1 Å². The predicted octanol–water partition coefficient (Wildman–Crippen LogP) is 2.83. The van der Waals surface area contributed by atoms with Crippen molar-refractivity contribution in [3.63, 3.8) is 0 Å². The van der Waals surface area contributed by atoms with Gasteiger partial charge in [0.25, 0.3) is 0 Å². The van der Waals surface area contributed by atoms with Crippen molar-refractivity contribution in [3.8, 4) is 6.07 Å². The number of nitriles is 1. The zero-order chi connectivity index (χ0) is 13.8. The number of benzene rings is 1. The molecule has 0 aliphatic heterocycles. The Balaban J connectivity index is 2.22. The molecule has 1 unspecified atom stereocenters. The lowest BCUT2D eigenvalue weighted by atomic mass is 10.1. The van der Waals surface area contributed by atoms with E-state index in [1.165, 1.54) is 12.1 Å². The second-order valence-electron chi connectivity index (χ2n) is 4.55. The van der Waals surface area contributed by atoms with Crippen LogP contribution < -0.4 is 5.32 Å². The molecular weight excluding hydrogens is 241 g/mol. The summed E-state index contributed by atoms with van der Waals surface area (Å²) >= 11 is 0. The molecule has 1 N–H and O–H groups in total. The van der Waals surface area contributed by atoms with Crippen LogP contribution in [0.25, 0.3) is 0 Å². The Morgan fingerprint density at radius 1 is 1.42 bits per heavy atom. The molecule has 0 radical (unpaired) electrons. The van der Waals surface area contributed by atoms with Crippen molar-refractivity contribution in [2.75, 3.05) is 7.05 Å². The summed E-state index contributed by atoms with van der Waals surface area (Å²) in [6.07, 6.45) is 3.90. The number of nitrogens with one attached hydrogen (secondary N) is 1. The van der Waals surface area contributed by atoms with Crippen molar-refractivity contribution in [2.24, 2.45) is 0 Å². The van der Waals surface area contributed by atoms with Gasteiger partial charge < -0.3 is 9.88 Å². The summed E-state index contributed by atoms with van der Waals surface area (Å²) in [5, 5.41) is 12.0. The van der Waals surface area contributed by atoms with Gasteiger partial charge in [0.1, 0.15) is 5.82 Å². The van der Waals surface area contributed by atoms with E-state index in [4.69, 9.17) is 5.26 Å². The Morgan fingerprint density at radius 2 is 2.21 bits per heavy atom. The zero-order valence-electron chi connectivity index (χ0n) is 11.0. The molecule has 19 heavy (non-hydrogen) atoms. The van der Waals surface area contributed by atoms with Gasteiger partial charge in [-0.2, -0.15) is 5.26 Å². The SMILES string of the molecule is CNC(C)c1ccn(Cc2cc(C#N)ccc2F)c1. The first-order chi connectivity index (χ1) is 9.13. The summed E-state index contributed by atoms with van der Waals surface area (Å²) in [7, 11) is 1.90. The van der Waals surface area contributed by atoms with Crippen LogP contribution in [0.4, 0.5) is 4.39 Å². The quantitative estimate of drug-likeness (QED) is 0.915. The van der Waals surface area contributed by atoms with E-state index in [2.05, 4.69) is 12.2 Å². The van der Waals surface area contributed by atoms with Gasteiger partial charge in [-0.05, 0) is 43.8 Å². The Hall–Kier alpha value is -2.12. The predicted molar refractivity (Wildman–Crippen MR) is 72.1 cm³/mol. The maximum absolute atomic E-state index is 13.7. The Bertz CT molecular complexity index is 610. The number of rotatable bonds is 4. The van der Waals surface area contributed by atoms with E-state index in [0.717, 1.165) is 5.56 Å². The first kappa shape index (κ1) is 13.3. The fourth-order valence-electron chi connectivity index (χ4n) is 1.94. The third-order valence-corrected chi connectivity index (χ3v) is 3.23. The molecule has 0 aliphatic rings. The molecule has 2 rings (SSSR count). The van der Waals surface area contributed by atoms with E-state index in [9.17, 15) is 4.39 Å². The molecule has 3 nitrogen and oxygen atoms in total. The van der Waals surface area contributed by atoms with Crippen LogP contribution >= 0.6 is 0 Å². The summed E-state index contributed by atoms with van der Waals surface area (Å²) in [6, 6.07) is 8.72. The summed E-state index contributed by atoms with van der Waals surface area (Å²) in [6.45, 7) is 2.49. The zero-order valence-corrected chi connectivity index (χ0v) is 11.0. The molecule has 0 spiro atoms. The number of nitrogens with zero attached hydrogens (tertiary/aromatic N) is 2. The number of hydrogen-bond acceptors (Lipinski definition) is 2. The molecule has 1 atom stereocenters. The van der Waals surface area contributed by atoms with Gasteiger partial charge in [0.15, 0.2) is 0 Å². The molecule has 2 aromatic rings. The minimum Gasteiger partial charge on any atom is -0.349 e. The highest BCUT2D eigenvalue weighted by Crippen LogP contribution is 2.16. The molecule has 1 heterocycles. The lowest BCUT2D eigenvalue weighted by Gasteiger charge is -2.08. The minimum atomic E-state index is -0.282. The first-order valence-corrected chi connectivity index (χ1v) is 6.15. The summed E-state index contributed by atoms with van der Waals surface area (Å²) in [5.74, 6) is -0.282. The van der Waals surface area contributed by atoms with Gasteiger partial charge in [0.05, 0.1) is 11.6 Å². The van der Waals surface area contributed by atoms with E-state index in [-0.39, 0.29) is 11.9 Å². The van der Waals surface area contributed by atoms with Crippen molar-refractivity contribution in [2.45, 2.75) is 19.5 Å². The Labute approximate surface area is 112 Å². The van der Waals surface area contributed by atoms with Gasteiger partial charge >= 0.3 is 0 Å². The molecular formula is C15H16FN3. The van der Waals surface area contributed by atoms with Crippen molar-refractivity contribution in [1.82, 2.24) is 9.88 Å². The van der Waals surface area contributed by atoms with Crippen molar-refractivity contribution >= 4 is 0 Å². The van der Waals surface area contributed by atoms with E-state index in [1.54, 1.807) is 6.07 Å². The van der Waals surface area contributed by atoms with Gasteiger partial charge in [-0.1, -0.05) is 0 Å². The van der Waals surface area contributed by atoms with Crippen LogP contribution in [-0.4, -0.2) is 11.6 Å². The molecule has 1 aromatic carbocycles. The Kier molecular flexibility index (Phi) is 3.98. The monoisotopic (exact) mass is 257 g/mol. The highest BCUT2D eigenvalue weighted by molar-refractivity contribution is 5.34. The Morgan fingerprint density at radius 3 is 2.89 bits per heavy atom. The molecule has 0 bridgehead atoms. The van der Waals surface area contributed by atoms with Crippen molar-refractivity contribution in [3.05, 3.63) is 59.2 Å². The maximum Gasteiger partial charge on any atom is 0.128 e. The average Bonchev–Trinajstić information content (AvgIpc) is 2.89. The van der Waals surface area contributed by atoms with Crippen LogP contribution in [0.1, 0.15) is 29.7 Å². The number of halogens is 1. The van der Waals surface area contributed by atoms with E-state index in [1.807, 2.05) is 36.1 Å². The maximum atomic E-state index is 13.7. The topological polar surface area (TPSA) is 40.8 Å². The van der Waals surface area contributed by atoms with Crippen LogP contribution in [0.2, 0.25) is 0 Å².